The molecule has 0 unspecified atom stereocenters. The molecule has 0 spiro atoms. The lowest BCUT2D eigenvalue weighted by Gasteiger charge is -2.14. The van der Waals surface area contributed by atoms with Gasteiger partial charge in [-0.25, -0.2) is 9.18 Å². The molecule has 20 heavy (non-hydrogen) atoms. The number of carbonyl (C=O) groups is 1. The molecule has 0 heterocycles. The molecule has 0 saturated carbocycles. The number of hydrogen-bond donors (Lipinski definition) is 1. The van der Waals surface area contributed by atoms with E-state index in [0.717, 1.165) is 16.7 Å². The first-order valence-electron chi connectivity index (χ1n) is 6.17. The van der Waals surface area contributed by atoms with E-state index in [9.17, 15) is 9.18 Å². The Morgan fingerprint density at radius 1 is 1.20 bits per heavy atom. The molecular weight excluding hydrogens is 259 g/mol. The van der Waals surface area contributed by atoms with Crippen LogP contribution in [0.15, 0.2) is 30.3 Å². The van der Waals surface area contributed by atoms with Gasteiger partial charge >= 0.3 is 5.97 Å². The summed E-state index contributed by atoms with van der Waals surface area (Å²) in [5.41, 5.74) is 2.64. The van der Waals surface area contributed by atoms with Crippen molar-refractivity contribution in [1.29, 1.82) is 0 Å². The van der Waals surface area contributed by atoms with Gasteiger partial charge in [-0.05, 0) is 55.7 Å². The van der Waals surface area contributed by atoms with Gasteiger partial charge in [0.2, 0.25) is 0 Å². The Kier molecular flexibility index (Phi) is 3.74. The van der Waals surface area contributed by atoms with E-state index in [1.54, 1.807) is 6.07 Å². The first kappa shape index (κ1) is 14.1. The van der Waals surface area contributed by atoms with Crippen molar-refractivity contribution < 1.29 is 19.0 Å². The van der Waals surface area contributed by atoms with Gasteiger partial charge in [-0.15, -0.1) is 0 Å². The number of aryl methyl sites for hydroxylation is 2. The molecule has 0 amide bonds. The molecule has 4 heteroatoms. The van der Waals surface area contributed by atoms with Crippen molar-refractivity contribution in [3.05, 3.63) is 58.4 Å². The molecule has 0 saturated heterocycles. The Hall–Kier alpha value is -2.36. The summed E-state index contributed by atoms with van der Waals surface area (Å²) in [6, 6.07) is 7.60. The third-order valence-corrected chi connectivity index (χ3v) is 3.17. The molecule has 104 valence electrons. The first-order valence-corrected chi connectivity index (χ1v) is 6.17. The summed E-state index contributed by atoms with van der Waals surface area (Å²) in [7, 11) is 0. The molecule has 0 atom stereocenters. The molecule has 2 rings (SSSR count). The predicted octanol–water partition coefficient (Wildman–Crippen LogP) is 4.24. The van der Waals surface area contributed by atoms with Gasteiger partial charge in [0.1, 0.15) is 11.3 Å². The topological polar surface area (TPSA) is 46.5 Å². The zero-order valence-corrected chi connectivity index (χ0v) is 11.5. The minimum atomic E-state index is -1.22. The van der Waals surface area contributed by atoms with Crippen molar-refractivity contribution in [3.8, 4) is 11.5 Å². The van der Waals surface area contributed by atoms with Crippen molar-refractivity contribution in [2.45, 2.75) is 20.8 Å². The minimum Gasteiger partial charge on any atom is -0.478 e. The third kappa shape index (κ3) is 2.64. The number of rotatable bonds is 3. The van der Waals surface area contributed by atoms with Crippen molar-refractivity contribution in [2.24, 2.45) is 0 Å². The van der Waals surface area contributed by atoms with Gasteiger partial charge in [0.15, 0.2) is 11.6 Å². The van der Waals surface area contributed by atoms with Crippen LogP contribution in [0.1, 0.15) is 27.0 Å². The normalized spacial score (nSPS) is 10.4. The first-order chi connectivity index (χ1) is 9.40. The van der Waals surface area contributed by atoms with Gasteiger partial charge in [-0.1, -0.05) is 12.1 Å². The summed E-state index contributed by atoms with van der Waals surface area (Å²) in [5.74, 6) is -1.70. The van der Waals surface area contributed by atoms with Gasteiger partial charge < -0.3 is 9.84 Å². The molecule has 0 aromatic heterocycles. The van der Waals surface area contributed by atoms with E-state index < -0.39 is 11.8 Å². The summed E-state index contributed by atoms with van der Waals surface area (Å²) in [6.07, 6.45) is 0. The van der Waals surface area contributed by atoms with Crippen molar-refractivity contribution in [3.63, 3.8) is 0 Å². The van der Waals surface area contributed by atoms with Gasteiger partial charge in [0.25, 0.3) is 0 Å². The Balaban J connectivity index is 2.53. The van der Waals surface area contributed by atoms with E-state index in [0.29, 0.717) is 5.75 Å². The zero-order chi connectivity index (χ0) is 14.9. The molecule has 2 aromatic rings. The monoisotopic (exact) mass is 274 g/mol. The molecule has 0 bridgehead atoms. The van der Waals surface area contributed by atoms with Gasteiger partial charge in [-0.3, -0.25) is 0 Å². The van der Waals surface area contributed by atoms with E-state index in [2.05, 4.69) is 0 Å². The number of para-hydroxylation sites is 1. The second kappa shape index (κ2) is 5.33. The summed E-state index contributed by atoms with van der Waals surface area (Å²) in [6.45, 7) is 5.68. The van der Waals surface area contributed by atoms with Crippen LogP contribution in [0.2, 0.25) is 0 Å². The molecule has 0 aliphatic carbocycles. The second-order valence-electron chi connectivity index (χ2n) is 4.73. The number of benzene rings is 2. The molecule has 0 fully saturated rings. The molecule has 3 nitrogen and oxygen atoms in total. The average molecular weight is 274 g/mol. The lowest BCUT2D eigenvalue weighted by atomic mass is 10.1. The van der Waals surface area contributed by atoms with Crippen LogP contribution in [0.4, 0.5) is 4.39 Å². The van der Waals surface area contributed by atoms with Gasteiger partial charge in [0, 0.05) is 0 Å². The number of halogens is 1. The number of hydrogen-bond acceptors (Lipinski definition) is 2. The highest BCUT2D eigenvalue weighted by Gasteiger charge is 2.17. The van der Waals surface area contributed by atoms with E-state index in [1.807, 2.05) is 26.8 Å². The highest BCUT2D eigenvalue weighted by Crippen LogP contribution is 2.32. The largest absolute Gasteiger partial charge is 0.478 e. The van der Waals surface area contributed by atoms with Gasteiger partial charge in [-0.2, -0.15) is 0 Å². The minimum absolute atomic E-state index is 0.191. The van der Waals surface area contributed by atoms with Crippen LogP contribution in [-0.2, 0) is 0 Å². The maximum Gasteiger partial charge on any atom is 0.339 e. The van der Waals surface area contributed by atoms with Crippen LogP contribution < -0.4 is 4.74 Å². The third-order valence-electron chi connectivity index (χ3n) is 3.17. The number of ether oxygens (including phenoxy) is 1. The van der Waals surface area contributed by atoms with Crippen LogP contribution in [0, 0.1) is 26.6 Å². The maximum atomic E-state index is 13.8. The lowest BCUT2D eigenvalue weighted by molar-refractivity contribution is 0.0693. The summed E-state index contributed by atoms with van der Waals surface area (Å²) >= 11 is 0. The molecule has 0 radical (unpaired) electrons. The molecule has 0 aliphatic rings. The van der Waals surface area contributed by atoms with Crippen molar-refractivity contribution >= 4 is 5.97 Å². The highest BCUT2D eigenvalue weighted by molar-refractivity contribution is 5.91. The summed E-state index contributed by atoms with van der Waals surface area (Å²) in [5, 5.41) is 9.10. The van der Waals surface area contributed by atoms with E-state index in [4.69, 9.17) is 9.84 Å². The predicted molar refractivity (Wildman–Crippen MR) is 74.1 cm³/mol. The lowest BCUT2D eigenvalue weighted by Crippen LogP contribution is -2.03. The number of aromatic carboxylic acids is 1. The molecule has 1 N–H and O–H groups in total. The van der Waals surface area contributed by atoms with Crippen LogP contribution in [-0.4, -0.2) is 11.1 Å². The van der Waals surface area contributed by atoms with Crippen LogP contribution in [0.25, 0.3) is 0 Å². The standard InChI is InChI=1S/C16H15FO3/c1-9-7-10(2)11(3)14(8-9)20-15-12(16(18)19)5-4-6-13(15)17/h4-8H,1-3H3,(H,18,19). The SMILES string of the molecule is Cc1cc(C)c(C)c(Oc2c(F)cccc2C(=O)O)c1. The fourth-order valence-corrected chi connectivity index (χ4v) is 2.00. The Labute approximate surface area is 116 Å². The van der Waals surface area contributed by atoms with Crippen LogP contribution >= 0.6 is 0 Å². The van der Waals surface area contributed by atoms with Crippen LogP contribution in [0.3, 0.4) is 0 Å². The van der Waals surface area contributed by atoms with E-state index in [-0.39, 0.29) is 11.3 Å². The fraction of sp³-hybridized carbons (Fsp3) is 0.188. The Morgan fingerprint density at radius 3 is 2.55 bits per heavy atom. The number of carboxylic acids is 1. The molecule has 2 aromatic carbocycles. The summed E-state index contributed by atoms with van der Waals surface area (Å²) in [4.78, 5) is 11.1. The fourth-order valence-electron chi connectivity index (χ4n) is 2.00. The average Bonchev–Trinajstić information content (AvgIpc) is 2.37. The van der Waals surface area contributed by atoms with E-state index in [1.165, 1.54) is 18.2 Å². The highest BCUT2D eigenvalue weighted by atomic mass is 19.1. The van der Waals surface area contributed by atoms with Crippen LogP contribution in [0.5, 0.6) is 11.5 Å². The summed E-state index contributed by atoms with van der Waals surface area (Å²) < 4.78 is 19.4. The maximum absolute atomic E-state index is 13.8. The van der Waals surface area contributed by atoms with Crippen molar-refractivity contribution in [2.75, 3.05) is 0 Å². The molecular formula is C16H15FO3. The smallest absolute Gasteiger partial charge is 0.339 e. The quantitative estimate of drug-likeness (QED) is 0.910. The number of carboxylic acid groups (broad SMARTS) is 1. The Bertz CT molecular complexity index is 678. The van der Waals surface area contributed by atoms with Crippen molar-refractivity contribution in [1.82, 2.24) is 0 Å². The van der Waals surface area contributed by atoms with E-state index >= 15 is 0 Å². The second-order valence-corrected chi connectivity index (χ2v) is 4.73. The molecule has 0 aliphatic heterocycles. The van der Waals surface area contributed by atoms with Gasteiger partial charge in [0.05, 0.1) is 0 Å². The Morgan fingerprint density at radius 2 is 1.90 bits per heavy atom. The zero-order valence-electron chi connectivity index (χ0n) is 11.5.